The van der Waals surface area contributed by atoms with Crippen molar-refractivity contribution in [1.82, 2.24) is 15.1 Å². The summed E-state index contributed by atoms with van der Waals surface area (Å²) in [6, 6.07) is 15.4. The van der Waals surface area contributed by atoms with Gasteiger partial charge in [-0.2, -0.15) is 0 Å². The maximum absolute atomic E-state index is 12.8. The van der Waals surface area contributed by atoms with Crippen LogP contribution in [0.4, 0.5) is 4.79 Å². The fourth-order valence-electron chi connectivity index (χ4n) is 4.37. The van der Waals surface area contributed by atoms with E-state index >= 15 is 0 Å². The Morgan fingerprint density at radius 1 is 0.900 bits per heavy atom. The molecule has 4 rings (SSSR count). The molecule has 158 valence electrons. The van der Waals surface area contributed by atoms with Gasteiger partial charge in [0.05, 0.1) is 6.04 Å². The molecule has 0 aromatic heterocycles. The molecule has 30 heavy (non-hydrogen) atoms. The first-order valence-electron chi connectivity index (χ1n) is 10.8. The van der Waals surface area contributed by atoms with Gasteiger partial charge in [-0.15, -0.1) is 0 Å². The van der Waals surface area contributed by atoms with Crippen molar-refractivity contribution in [2.75, 3.05) is 19.6 Å². The summed E-state index contributed by atoms with van der Waals surface area (Å²) in [5.74, 6) is 0.105. The molecule has 1 N–H and O–H groups in total. The zero-order chi connectivity index (χ0) is 20.9. The number of amides is 3. The van der Waals surface area contributed by atoms with Crippen LogP contribution >= 0.6 is 11.6 Å². The molecule has 2 heterocycles. The molecule has 5 nitrogen and oxygen atoms in total. The standard InChI is InChI=1S/C24H28ClN3O2/c25-21-12-10-19(11-13-21)22-5-4-16-28(22)24(30)26-17-18-6-8-20(9-7-18)23(29)27-14-2-1-3-15-27/h6-13,22H,1-5,14-17H2,(H,26,30). The van der Waals surface area contributed by atoms with Crippen LogP contribution in [0.2, 0.25) is 5.02 Å². The summed E-state index contributed by atoms with van der Waals surface area (Å²) in [4.78, 5) is 29.2. The van der Waals surface area contributed by atoms with Crippen molar-refractivity contribution in [3.05, 3.63) is 70.2 Å². The molecule has 0 saturated carbocycles. The molecule has 1 unspecified atom stereocenters. The molecule has 2 saturated heterocycles. The van der Waals surface area contributed by atoms with Crippen LogP contribution in [-0.4, -0.2) is 41.4 Å². The first-order valence-corrected chi connectivity index (χ1v) is 11.2. The molecule has 2 fully saturated rings. The summed E-state index contributed by atoms with van der Waals surface area (Å²) >= 11 is 5.99. The van der Waals surface area contributed by atoms with Crippen molar-refractivity contribution in [3.63, 3.8) is 0 Å². The number of hydrogen-bond acceptors (Lipinski definition) is 2. The smallest absolute Gasteiger partial charge is 0.318 e. The zero-order valence-electron chi connectivity index (χ0n) is 17.1. The topological polar surface area (TPSA) is 52.7 Å². The van der Waals surface area contributed by atoms with E-state index in [1.165, 1.54) is 6.42 Å². The van der Waals surface area contributed by atoms with Crippen LogP contribution in [0.5, 0.6) is 0 Å². The van der Waals surface area contributed by atoms with Crippen LogP contribution in [0.25, 0.3) is 0 Å². The van der Waals surface area contributed by atoms with Gasteiger partial charge >= 0.3 is 6.03 Å². The van der Waals surface area contributed by atoms with E-state index in [0.717, 1.165) is 56.4 Å². The third kappa shape index (κ3) is 4.78. The molecule has 2 aliphatic rings. The number of piperidine rings is 1. The lowest BCUT2D eigenvalue weighted by Gasteiger charge is -2.27. The van der Waals surface area contributed by atoms with E-state index in [1.807, 2.05) is 58.3 Å². The van der Waals surface area contributed by atoms with E-state index in [4.69, 9.17) is 11.6 Å². The maximum atomic E-state index is 12.8. The quantitative estimate of drug-likeness (QED) is 0.748. The van der Waals surface area contributed by atoms with Gasteiger partial charge in [0.25, 0.3) is 5.91 Å². The number of urea groups is 1. The molecule has 2 aliphatic heterocycles. The number of likely N-dealkylation sites (tertiary alicyclic amines) is 2. The summed E-state index contributed by atoms with van der Waals surface area (Å²) in [6.45, 7) is 2.89. The van der Waals surface area contributed by atoms with Gasteiger partial charge in [0.1, 0.15) is 0 Å². The largest absolute Gasteiger partial charge is 0.339 e. The molecule has 0 bridgehead atoms. The lowest BCUT2D eigenvalue weighted by molar-refractivity contribution is 0.0724. The van der Waals surface area contributed by atoms with Gasteiger partial charge in [-0.05, 0) is 67.5 Å². The molecule has 2 aromatic rings. The summed E-state index contributed by atoms with van der Waals surface area (Å²) in [5.41, 5.74) is 2.82. The first kappa shape index (κ1) is 20.7. The second kappa shape index (κ2) is 9.52. The summed E-state index contributed by atoms with van der Waals surface area (Å²) in [7, 11) is 0. The van der Waals surface area contributed by atoms with E-state index in [2.05, 4.69) is 5.32 Å². The molecule has 2 aromatic carbocycles. The Labute approximate surface area is 183 Å². The number of nitrogens with zero attached hydrogens (tertiary/aromatic N) is 2. The first-order chi connectivity index (χ1) is 14.6. The van der Waals surface area contributed by atoms with Crippen LogP contribution in [-0.2, 0) is 6.54 Å². The molecule has 6 heteroatoms. The lowest BCUT2D eigenvalue weighted by atomic mass is 10.1. The molecule has 0 radical (unpaired) electrons. The van der Waals surface area contributed by atoms with Crippen molar-refractivity contribution in [2.45, 2.75) is 44.7 Å². The Kier molecular flexibility index (Phi) is 6.58. The predicted molar refractivity (Wildman–Crippen MR) is 119 cm³/mol. The number of benzene rings is 2. The Hall–Kier alpha value is -2.53. The van der Waals surface area contributed by atoms with E-state index in [-0.39, 0.29) is 18.0 Å². The van der Waals surface area contributed by atoms with Crippen molar-refractivity contribution < 1.29 is 9.59 Å². The van der Waals surface area contributed by atoms with E-state index in [1.54, 1.807) is 0 Å². The fraction of sp³-hybridized carbons (Fsp3) is 0.417. The lowest BCUT2D eigenvalue weighted by Crippen LogP contribution is -2.39. The predicted octanol–water partition coefficient (Wildman–Crippen LogP) is 5.01. The van der Waals surface area contributed by atoms with Crippen LogP contribution in [0.15, 0.2) is 48.5 Å². The summed E-state index contributed by atoms with van der Waals surface area (Å²) in [6.07, 6.45) is 5.33. The van der Waals surface area contributed by atoms with Crippen LogP contribution in [0, 0.1) is 0 Å². The molecule has 1 atom stereocenters. The number of carbonyl (C=O) groups is 2. The van der Waals surface area contributed by atoms with E-state index < -0.39 is 0 Å². The van der Waals surface area contributed by atoms with Crippen LogP contribution in [0.3, 0.4) is 0 Å². The van der Waals surface area contributed by atoms with E-state index in [0.29, 0.717) is 17.1 Å². The second-order valence-electron chi connectivity index (χ2n) is 8.11. The molecule has 0 spiro atoms. The van der Waals surface area contributed by atoms with Gasteiger partial charge in [-0.25, -0.2) is 4.79 Å². The zero-order valence-corrected chi connectivity index (χ0v) is 17.9. The summed E-state index contributed by atoms with van der Waals surface area (Å²) < 4.78 is 0. The number of carbonyl (C=O) groups excluding carboxylic acids is 2. The van der Waals surface area contributed by atoms with Gasteiger partial charge in [0.2, 0.25) is 0 Å². The number of nitrogens with one attached hydrogen (secondary N) is 1. The summed E-state index contributed by atoms with van der Waals surface area (Å²) in [5, 5.41) is 3.73. The third-order valence-electron chi connectivity index (χ3n) is 6.06. The van der Waals surface area contributed by atoms with E-state index in [9.17, 15) is 9.59 Å². The maximum Gasteiger partial charge on any atom is 0.318 e. The molecule has 3 amide bonds. The highest BCUT2D eigenvalue weighted by molar-refractivity contribution is 6.30. The second-order valence-corrected chi connectivity index (χ2v) is 8.55. The van der Waals surface area contributed by atoms with Crippen LogP contribution in [0.1, 0.15) is 59.6 Å². The van der Waals surface area contributed by atoms with Gasteiger partial charge in [0, 0.05) is 36.8 Å². The minimum absolute atomic E-state index is 0.0547. The fourth-order valence-corrected chi connectivity index (χ4v) is 4.49. The average molecular weight is 426 g/mol. The molecule has 0 aliphatic carbocycles. The van der Waals surface area contributed by atoms with Crippen molar-refractivity contribution >= 4 is 23.5 Å². The number of rotatable bonds is 4. The highest BCUT2D eigenvalue weighted by Gasteiger charge is 2.29. The normalized spacial score (nSPS) is 19.0. The molecular formula is C24H28ClN3O2. The van der Waals surface area contributed by atoms with Crippen molar-refractivity contribution in [2.24, 2.45) is 0 Å². The van der Waals surface area contributed by atoms with Crippen LogP contribution < -0.4 is 5.32 Å². The average Bonchev–Trinajstić information content (AvgIpc) is 3.28. The highest BCUT2D eigenvalue weighted by atomic mass is 35.5. The van der Waals surface area contributed by atoms with Gasteiger partial charge in [0.15, 0.2) is 0 Å². The molecular weight excluding hydrogens is 398 g/mol. The Balaban J connectivity index is 1.33. The van der Waals surface area contributed by atoms with Gasteiger partial charge < -0.3 is 15.1 Å². The monoisotopic (exact) mass is 425 g/mol. The third-order valence-corrected chi connectivity index (χ3v) is 6.31. The Bertz CT molecular complexity index is 876. The SMILES string of the molecule is O=C(c1ccc(CNC(=O)N2CCCC2c2ccc(Cl)cc2)cc1)N1CCCCC1. The number of halogens is 1. The van der Waals surface area contributed by atoms with Crippen molar-refractivity contribution in [3.8, 4) is 0 Å². The Morgan fingerprint density at radius 3 is 2.30 bits per heavy atom. The van der Waals surface area contributed by atoms with Gasteiger partial charge in [-0.3, -0.25) is 4.79 Å². The number of hydrogen-bond donors (Lipinski definition) is 1. The van der Waals surface area contributed by atoms with Gasteiger partial charge in [-0.1, -0.05) is 35.9 Å². The Morgan fingerprint density at radius 2 is 1.60 bits per heavy atom. The minimum atomic E-state index is -0.0547. The minimum Gasteiger partial charge on any atom is -0.339 e. The highest BCUT2D eigenvalue weighted by Crippen LogP contribution is 2.32. The van der Waals surface area contributed by atoms with Crippen molar-refractivity contribution in [1.29, 1.82) is 0 Å².